The van der Waals surface area contributed by atoms with Gasteiger partial charge in [-0.3, -0.25) is 0 Å². The summed E-state index contributed by atoms with van der Waals surface area (Å²) in [6, 6.07) is -0.0501. The summed E-state index contributed by atoms with van der Waals surface area (Å²) in [4.78, 5) is 11.1. The highest BCUT2D eigenvalue weighted by atomic mass is 35.5. The highest BCUT2D eigenvalue weighted by Gasteiger charge is 2.30. The highest BCUT2D eigenvalue weighted by molar-refractivity contribution is 5.85. The molecule has 4 nitrogen and oxygen atoms in total. The van der Waals surface area contributed by atoms with Crippen LogP contribution in [0, 0.1) is 11.6 Å². The van der Waals surface area contributed by atoms with E-state index in [0.717, 1.165) is 6.07 Å². The third-order valence-electron chi connectivity index (χ3n) is 2.29. The third-order valence-corrected chi connectivity index (χ3v) is 2.29. The van der Waals surface area contributed by atoms with Crippen molar-refractivity contribution >= 4 is 18.4 Å². The Kier molecular flexibility index (Phi) is 6.64. The summed E-state index contributed by atoms with van der Waals surface area (Å²) >= 11 is 0. The molecular weight excluding hydrogens is 287 g/mol. The summed E-state index contributed by atoms with van der Waals surface area (Å²) in [7, 11) is 0. The Bertz CT molecular complexity index is 459. The Labute approximate surface area is 113 Å². The maximum atomic E-state index is 13.5. The van der Waals surface area contributed by atoms with Gasteiger partial charge in [0, 0.05) is 5.56 Å². The van der Waals surface area contributed by atoms with Crippen LogP contribution >= 0.6 is 12.4 Å². The van der Waals surface area contributed by atoms with Gasteiger partial charge < -0.3 is 15.6 Å². The maximum Gasteiger partial charge on any atom is 0.342 e. The Morgan fingerprint density at radius 3 is 2.58 bits per heavy atom. The van der Waals surface area contributed by atoms with Crippen molar-refractivity contribution in [1.29, 1.82) is 0 Å². The predicted molar refractivity (Wildman–Crippen MR) is 63.7 cm³/mol. The lowest BCUT2D eigenvalue weighted by molar-refractivity contribution is -0.149. The van der Waals surface area contributed by atoms with Crippen LogP contribution in [0.3, 0.4) is 0 Å². The molecule has 19 heavy (non-hydrogen) atoms. The molecule has 0 aliphatic heterocycles. The number of aromatic hydroxyl groups is 1. The molecule has 1 rings (SSSR count). The zero-order valence-electron chi connectivity index (χ0n) is 9.90. The number of carbonyl (C=O) groups is 1. The van der Waals surface area contributed by atoms with E-state index in [1.165, 1.54) is 6.92 Å². The van der Waals surface area contributed by atoms with Crippen LogP contribution in [0.5, 0.6) is 5.75 Å². The number of ether oxygens (including phenoxy) is 1. The Balaban J connectivity index is 0.00000324. The SMILES string of the molecule is CCOC(=O)C(F)[C@H](N)c1ccc(F)c(F)c1O.Cl. The monoisotopic (exact) mass is 299 g/mol. The van der Waals surface area contributed by atoms with E-state index in [4.69, 9.17) is 5.73 Å². The van der Waals surface area contributed by atoms with Crippen molar-refractivity contribution < 1.29 is 27.8 Å². The van der Waals surface area contributed by atoms with Crippen molar-refractivity contribution in [2.24, 2.45) is 5.73 Å². The van der Waals surface area contributed by atoms with Gasteiger partial charge in [0.25, 0.3) is 0 Å². The van der Waals surface area contributed by atoms with Crippen molar-refractivity contribution in [1.82, 2.24) is 0 Å². The molecule has 8 heteroatoms. The van der Waals surface area contributed by atoms with Gasteiger partial charge in [-0.2, -0.15) is 4.39 Å². The van der Waals surface area contributed by atoms with E-state index < -0.39 is 41.1 Å². The molecule has 1 unspecified atom stereocenters. The average Bonchev–Trinajstić information content (AvgIpc) is 2.35. The van der Waals surface area contributed by atoms with Crippen molar-refractivity contribution in [3.05, 3.63) is 29.3 Å². The van der Waals surface area contributed by atoms with Gasteiger partial charge in [-0.1, -0.05) is 6.07 Å². The van der Waals surface area contributed by atoms with Crippen LogP contribution < -0.4 is 5.73 Å². The van der Waals surface area contributed by atoms with Crippen LogP contribution in [0.15, 0.2) is 12.1 Å². The van der Waals surface area contributed by atoms with Gasteiger partial charge in [0.1, 0.15) is 0 Å². The summed E-state index contributed by atoms with van der Waals surface area (Å²) in [5.74, 6) is -5.18. The minimum atomic E-state index is -2.28. The number of halogens is 4. The van der Waals surface area contributed by atoms with E-state index >= 15 is 0 Å². The number of esters is 1. The number of nitrogens with two attached hydrogens (primary N) is 1. The number of benzene rings is 1. The van der Waals surface area contributed by atoms with E-state index in [9.17, 15) is 23.1 Å². The molecule has 0 aromatic heterocycles. The summed E-state index contributed by atoms with van der Waals surface area (Å²) < 4.78 is 43.7. The van der Waals surface area contributed by atoms with Crippen LogP contribution in [-0.2, 0) is 9.53 Å². The van der Waals surface area contributed by atoms with Crippen LogP contribution in [0.1, 0.15) is 18.5 Å². The molecule has 0 aliphatic carbocycles. The largest absolute Gasteiger partial charge is 0.505 e. The first kappa shape index (κ1) is 17.5. The second kappa shape index (κ2) is 7.20. The van der Waals surface area contributed by atoms with Gasteiger partial charge in [-0.05, 0) is 13.0 Å². The lowest BCUT2D eigenvalue weighted by Crippen LogP contribution is -2.31. The topological polar surface area (TPSA) is 72.5 Å². The van der Waals surface area contributed by atoms with Crippen LogP contribution in [-0.4, -0.2) is 23.9 Å². The number of hydrogen-bond acceptors (Lipinski definition) is 4. The summed E-state index contributed by atoms with van der Waals surface area (Å²) in [6.07, 6.45) is -2.28. The molecule has 0 saturated carbocycles. The van der Waals surface area contributed by atoms with Gasteiger partial charge in [0.15, 0.2) is 11.6 Å². The molecule has 0 aliphatic rings. The van der Waals surface area contributed by atoms with Gasteiger partial charge in [-0.25, -0.2) is 13.6 Å². The second-order valence-electron chi connectivity index (χ2n) is 3.48. The van der Waals surface area contributed by atoms with E-state index in [1.54, 1.807) is 0 Å². The van der Waals surface area contributed by atoms with Gasteiger partial charge in [-0.15, -0.1) is 12.4 Å². The number of phenols is 1. The minimum absolute atomic E-state index is 0. The molecule has 0 heterocycles. The fraction of sp³-hybridized carbons (Fsp3) is 0.364. The molecule has 1 aromatic carbocycles. The molecule has 1 aromatic rings. The summed E-state index contributed by atoms with van der Waals surface area (Å²) in [5.41, 5.74) is 4.96. The Hall–Kier alpha value is -1.47. The van der Waals surface area contributed by atoms with Gasteiger partial charge >= 0.3 is 5.97 Å². The van der Waals surface area contributed by atoms with Crippen LogP contribution in [0.2, 0.25) is 0 Å². The lowest BCUT2D eigenvalue weighted by Gasteiger charge is -2.17. The second-order valence-corrected chi connectivity index (χ2v) is 3.48. The van der Waals surface area contributed by atoms with E-state index in [2.05, 4.69) is 4.74 Å². The van der Waals surface area contributed by atoms with E-state index in [0.29, 0.717) is 6.07 Å². The number of carbonyl (C=O) groups excluding carboxylic acids is 1. The predicted octanol–water partition coefficient (Wildman–Crippen LogP) is 1.99. The molecule has 0 amide bonds. The minimum Gasteiger partial charge on any atom is -0.505 e. The van der Waals surface area contributed by atoms with E-state index in [-0.39, 0.29) is 19.0 Å². The molecule has 0 saturated heterocycles. The standard InChI is InChI=1S/C11H12F3NO3.ClH/c1-2-18-11(17)8(14)9(15)5-3-4-6(12)7(13)10(5)16;/h3-4,8-9,16H,2,15H2,1H3;1H/t8?,9-;/m1./s1. The quantitative estimate of drug-likeness (QED) is 0.834. The van der Waals surface area contributed by atoms with Crippen molar-refractivity contribution in [3.63, 3.8) is 0 Å². The van der Waals surface area contributed by atoms with Crippen molar-refractivity contribution in [3.8, 4) is 5.75 Å². The van der Waals surface area contributed by atoms with Crippen LogP contribution in [0.4, 0.5) is 13.2 Å². The van der Waals surface area contributed by atoms with Gasteiger partial charge in [0.05, 0.1) is 12.6 Å². The fourth-order valence-electron chi connectivity index (χ4n) is 1.35. The number of hydrogen-bond donors (Lipinski definition) is 2. The lowest BCUT2D eigenvalue weighted by atomic mass is 10.0. The Morgan fingerprint density at radius 2 is 2.05 bits per heavy atom. The molecular formula is C11H13ClF3NO3. The molecule has 2 atom stereocenters. The first-order valence-electron chi connectivity index (χ1n) is 5.13. The first-order chi connectivity index (χ1) is 8.40. The van der Waals surface area contributed by atoms with Crippen molar-refractivity contribution in [2.45, 2.75) is 19.1 Å². The zero-order chi connectivity index (χ0) is 13.9. The number of alkyl halides is 1. The van der Waals surface area contributed by atoms with Crippen LogP contribution in [0.25, 0.3) is 0 Å². The molecule has 0 bridgehead atoms. The zero-order valence-corrected chi connectivity index (χ0v) is 10.7. The molecule has 0 spiro atoms. The highest BCUT2D eigenvalue weighted by Crippen LogP contribution is 2.30. The number of phenolic OH excluding ortho intramolecular Hbond substituents is 1. The molecule has 0 fully saturated rings. The smallest absolute Gasteiger partial charge is 0.342 e. The molecule has 108 valence electrons. The van der Waals surface area contributed by atoms with E-state index in [1.807, 2.05) is 0 Å². The normalized spacial score (nSPS) is 13.3. The molecule has 3 N–H and O–H groups in total. The number of rotatable bonds is 4. The maximum absolute atomic E-state index is 13.5. The fourth-order valence-corrected chi connectivity index (χ4v) is 1.35. The summed E-state index contributed by atoms with van der Waals surface area (Å²) in [6.45, 7) is 1.43. The third kappa shape index (κ3) is 3.74. The van der Waals surface area contributed by atoms with Crippen molar-refractivity contribution in [2.75, 3.05) is 6.61 Å². The Morgan fingerprint density at radius 1 is 1.47 bits per heavy atom. The first-order valence-corrected chi connectivity index (χ1v) is 5.13. The molecule has 0 radical (unpaired) electrons. The van der Waals surface area contributed by atoms with Gasteiger partial charge in [0.2, 0.25) is 12.0 Å². The summed E-state index contributed by atoms with van der Waals surface area (Å²) in [5, 5.41) is 9.30. The average molecular weight is 300 g/mol.